The van der Waals surface area contributed by atoms with Crippen LogP contribution in [0.3, 0.4) is 0 Å². The maximum absolute atomic E-state index is 5.71. The van der Waals surface area contributed by atoms with E-state index in [1.165, 1.54) is 0 Å². The Bertz CT molecular complexity index is 202. The van der Waals surface area contributed by atoms with Gasteiger partial charge in [0.1, 0.15) is 5.82 Å². The first-order valence-corrected chi connectivity index (χ1v) is 3.91. The van der Waals surface area contributed by atoms with Crippen LogP contribution < -0.4 is 5.73 Å². The Morgan fingerprint density at radius 3 is 2.45 bits per heavy atom. The van der Waals surface area contributed by atoms with Crippen LogP contribution >= 0.6 is 0 Å². The van der Waals surface area contributed by atoms with Crippen molar-refractivity contribution >= 4 is 0 Å². The van der Waals surface area contributed by atoms with Crippen molar-refractivity contribution in [1.82, 2.24) is 9.55 Å². The third kappa shape index (κ3) is 1.60. The molecular formula is C8H15N3. The SMILES string of the molecule is CC(C)n1ccnc1[C@H](C)N. The molecular weight excluding hydrogens is 138 g/mol. The fourth-order valence-corrected chi connectivity index (χ4v) is 1.11. The molecule has 0 aliphatic rings. The van der Waals surface area contributed by atoms with E-state index in [1.807, 2.05) is 13.1 Å². The first-order valence-electron chi connectivity index (χ1n) is 3.91. The monoisotopic (exact) mass is 153 g/mol. The lowest BCUT2D eigenvalue weighted by atomic mass is 10.3. The minimum Gasteiger partial charge on any atom is -0.331 e. The van der Waals surface area contributed by atoms with Crippen LogP contribution in [0.2, 0.25) is 0 Å². The van der Waals surface area contributed by atoms with Gasteiger partial charge in [-0.1, -0.05) is 0 Å². The zero-order valence-corrected chi connectivity index (χ0v) is 7.28. The fraction of sp³-hybridized carbons (Fsp3) is 0.625. The van der Waals surface area contributed by atoms with Gasteiger partial charge in [0.2, 0.25) is 0 Å². The van der Waals surface area contributed by atoms with E-state index >= 15 is 0 Å². The molecule has 0 amide bonds. The molecule has 1 aromatic rings. The largest absolute Gasteiger partial charge is 0.331 e. The van der Waals surface area contributed by atoms with Crippen LogP contribution in [0.25, 0.3) is 0 Å². The number of nitrogens with zero attached hydrogens (tertiary/aromatic N) is 2. The van der Waals surface area contributed by atoms with Gasteiger partial charge in [0.05, 0.1) is 6.04 Å². The Kier molecular flexibility index (Phi) is 2.29. The molecule has 1 atom stereocenters. The minimum absolute atomic E-state index is 0.0207. The van der Waals surface area contributed by atoms with E-state index in [1.54, 1.807) is 6.20 Å². The highest BCUT2D eigenvalue weighted by Gasteiger charge is 2.08. The van der Waals surface area contributed by atoms with E-state index in [4.69, 9.17) is 5.73 Å². The van der Waals surface area contributed by atoms with Gasteiger partial charge in [-0.15, -0.1) is 0 Å². The highest BCUT2D eigenvalue weighted by Crippen LogP contribution is 2.12. The number of hydrogen-bond donors (Lipinski definition) is 1. The Labute approximate surface area is 67.2 Å². The van der Waals surface area contributed by atoms with Crippen LogP contribution in [0.4, 0.5) is 0 Å². The first kappa shape index (κ1) is 8.27. The van der Waals surface area contributed by atoms with Gasteiger partial charge in [-0.3, -0.25) is 0 Å². The van der Waals surface area contributed by atoms with E-state index in [0.717, 1.165) is 5.82 Å². The molecule has 3 heteroatoms. The standard InChI is InChI=1S/C8H15N3/c1-6(2)11-5-4-10-8(11)7(3)9/h4-7H,9H2,1-3H3/t7-/m0/s1. The summed E-state index contributed by atoms with van der Waals surface area (Å²) in [6, 6.07) is 0.464. The van der Waals surface area contributed by atoms with Crippen molar-refractivity contribution in [2.45, 2.75) is 32.9 Å². The molecule has 0 aliphatic carbocycles. The molecule has 0 spiro atoms. The number of imidazole rings is 1. The lowest BCUT2D eigenvalue weighted by Gasteiger charge is -2.12. The van der Waals surface area contributed by atoms with Gasteiger partial charge in [-0.25, -0.2) is 4.98 Å². The topological polar surface area (TPSA) is 43.8 Å². The quantitative estimate of drug-likeness (QED) is 0.699. The smallest absolute Gasteiger partial charge is 0.125 e. The van der Waals surface area contributed by atoms with Gasteiger partial charge in [0, 0.05) is 18.4 Å². The van der Waals surface area contributed by atoms with Crippen LogP contribution in [-0.4, -0.2) is 9.55 Å². The lowest BCUT2D eigenvalue weighted by Crippen LogP contribution is -2.14. The molecule has 0 aromatic carbocycles. The molecule has 0 aliphatic heterocycles. The van der Waals surface area contributed by atoms with Crippen LogP contribution in [0.15, 0.2) is 12.4 Å². The molecule has 0 saturated carbocycles. The lowest BCUT2D eigenvalue weighted by molar-refractivity contribution is 0.543. The van der Waals surface area contributed by atoms with Crippen molar-refractivity contribution < 1.29 is 0 Å². The van der Waals surface area contributed by atoms with Crippen molar-refractivity contribution in [2.24, 2.45) is 5.73 Å². The number of nitrogens with two attached hydrogens (primary N) is 1. The maximum Gasteiger partial charge on any atom is 0.125 e. The van der Waals surface area contributed by atoms with Gasteiger partial charge in [0.15, 0.2) is 0 Å². The summed E-state index contributed by atoms with van der Waals surface area (Å²) < 4.78 is 2.09. The summed E-state index contributed by atoms with van der Waals surface area (Å²) in [7, 11) is 0. The van der Waals surface area contributed by atoms with Crippen molar-refractivity contribution in [2.75, 3.05) is 0 Å². The predicted octanol–water partition coefficient (Wildman–Crippen LogP) is 1.48. The summed E-state index contributed by atoms with van der Waals surface area (Å²) in [4.78, 5) is 4.17. The van der Waals surface area contributed by atoms with E-state index in [0.29, 0.717) is 6.04 Å². The summed E-state index contributed by atoms with van der Waals surface area (Å²) in [6.07, 6.45) is 3.75. The summed E-state index contributed by atoms with van der Waals surface area (Å²) >= 11 is 0. The normalized spacial score (nSPS) is 13.9. The molecule has 3 nitrogen and oxygen atoms in total. The third-order valence-electron chi connectivity index (χ3n) is 1.66. The summed E-state index contributed by atoms with van der Waals surface area (Å²) in [6.45, 7) is 6.18. The molecule has 1 aromatic heterocycles. The molecule has 1 heterocycles. The van der Waals surface area contributed by atoms with Gasteiger partial charge in [-0.2, -0.15) is 0 Å². The van der Waals surface area contributed by atoms with E-state index in [2.05, 4.69) is 23.4 Å². The first-order chi connectivity index (χ1) is 5.13. The molecule has 0 saturated heterocycles. The number of hydrogen-bond acceptors (Lipinski definition) is 2. The van der Waals surface area contributed by atoms with Gasteiger partial charge in [0.25, 0.3) is 0 Å². The molecule has 0 unspecified atom stereocenters. The molecule has 2 N–H and O–H groups in total. The van der Waals surface area contributed by atoms with Gasteiger partial charge in [-0.05, 0) is 20.8 Å². The van der Waals surface area contributed by atoms with Crippen LogP contribution in [0.1, 0.15) is 38.7 Å². The van der Waals surface area contributed by atoms with Crippen molar-refractivity contribution in [3.63, 3.8) is 0 Å². The Hall–Kier alpha value is -0.830. The second-order valence-electron chi connectivity index (χ2n) is 3.08. The van der Waals surface area contributed by atoms with E-state index in [-0.39, 0.29) is 6.04 Å². The maximum atomic E-state index is 5.71. The van der Waals surface area contributed by atoms with Crippen molar-refractivity contribution in [3.8, 4) is 0 Å². The second-order valence-corrected chi connectivity index (χ2v) is 3.08. The highest BCUT2D eigenvalue weighted by atomic mass is 15.1. The second kappa shape index (κ2) is 3.05. The summed E-state index contributed by atoms with van der Waals surface area (Å²) in [5, 5.41) is 0. The molecule has 62 valence electrons. The van der Waals surface area contributed by atoms with Crippen LogP contribution in [0.5, 0.6) is 0 Å². The molecule has 0 bridgehead atoms. The molecule has 11 heavy (non-hydrogen) atoms. The van der Waals surface area contributed by atoms with Gasteiger partial charge < -0.3 is 10.3 Å². The van der Waals surface area contributed by atoms with Crippen LogP contribution in [-0.2, 0) is 0 Å². The van der Waals surface area contributed by atoms with Crippen LogP contribution in [0, 0.1) is 0 Å². The minimum atomic E-state index is 0.0207. The zero-order chi connectivity index (χ0) is 8.43. The average molecular weight is 153 g/mol. The zero-order valence-electron chi connectivity index (χ0n) is 7.28. The Balaban J connectivity index is 2.96. The fourth-order valence-electron chi connectivity index (χ4n) is 1.11. The van der Waals surface area contributed by atoms with Gasteiger partial charge >= 0.3 is 0 Å². The molecule has 0 radical (unpaired) electrons. The number of aromatic nitrogens is 2. The summed E-state index contributed by atoms with van der Waals surface area (Å²) in [5.41, 5.74) is 5.71. The molecule has 0 fully saturated rings. The Morgan fingerprint density at radius 2 is 2.09 bits per heavy atom. The third-order valence-corrected chi connectivity index (χ3v) is 1.66. The number of rotatable bonds is 2. The Morgan fingerprint density at radius 1 is 1.45 bits per heavy atom. The van der Waals surface area contributed by atoms with E-state index in [9.17, 15) is 0 Å². The highest BCUT2D eigenvalue weighted by molar-refractivity contribution is 4.98. The predicted molar refractivity (Wildman–Crippen MR) is 45.2 cm³/mol. The van der Waals surface area contributed by atoms with Crippen molar-refractivity contribution in [3.05, 3.63) is 18.2 Å². The van der Waals surface area contributed by atoms with E-state index < -0.39 is 0 Å². The van der Waals surface area contributed by atoms with Crippen molar-refractivity contribution in [1.29, 1.82) is 0 Å². The average Bonchev–Trinajstić information content (AvgIpc) is 2.32. The summed E-state index contributed by atoms with van der Waals surface area (Å²) in [5.74, 6) is 0.958. The molecule has 1 rings (SSSR count).